The third-order valence-corrected chi connectivity index (χ3v) is 7.13. The number of fused-ring (bicyclic) bond motifs is 1. The Labute approximate surface area is 195 Å². The Balaban J connectivity index is 1.75. The molecule has 33 heavy (non-hydrogen) atoms. The molecule has 0 unspecified atom stereocenters. The summed E-state index contributed by atoms with van der Waals surface area (Å²) in [5.74, 6) is -0.212. The van der Waals surface area contributed by atoms with Crippen molar-refractivity contribution in [1.29, 1.82) is 0 Å². The topological polar surface area (TPSA) is 57.9 Å². The van der Waals surface area contributed by atoms with E-state index in [2.05, 4.69) is 29.1 Å². The van der Waals surface area contributed by atoms with E-state index >= 15 is 0 Å². The van der Waals surface area contributed by atoms with Crippen LogP contribution in [0.2, 0.25) is 0 Å². The standard InChI is InChI=1S/C26H24N4O2S/c1-4-28-20-14-10-9-11-18(20)15-16-21(28)23-25(32)29(5-2)26(33-23)22-17(3)27-30(24(22)31)19-12-7-6-8-13-19/h6-16H,4-5H2,1-3H3/b23-21+,26-22+. The van der Waals surface area contributed by atoms with Crippen LogP contribution in [0.4, 0.5) is 11.4 Å². The molecule has 0 saturated heterocycles. The molecule has 166 valence electrons. The number of anilines is 2. The molecular formula is C26H24N4O2S. The minimum Gasteiger partial charge on any atom is -0.340 e. The quantitative estimate of drug-likeness (QED) is 0.608. The summed E-state index contributed by atoms with van der Waals surface area (Å²) < 4.78 is 2.97. The summed E-state index contributed by atoms with van der Waals surface area (Å²) in [6.07, 6.45) is 4.05. The number of thiazole rings is 1. The molecule has 5 rings (SSSR count). The van der Waals surface area contributed by atoms with Crippen LogP contribution in [-0.2, 0) is 11.3 Å². The van der Waals surface area contributed by atoms with E-state index in [1.165, 1.54) is 16.3 Å². The predicted octanol–water partition coefficient (Wildman–Crippen LogP) is 3.16. The molecular weight excluding hydrogens is 432 g/mol. The maximum atomic E-state index is 13.5. The second kappa shape index (κ2) is 8.33. The summed E-state index contributed by atoms with van der Waals surface area (Å²) in [7, 11) is 0. The third-order valence-electron chi connectivity index (χ3n) is 5.92. The van der Waals surface area contributed by atoms with Gasteiger partial charge in [-0.15, -0.1) is 11.3 Å². The van der Waals surface area contributed by atoms with Gasteiger partial charge in [0.1, 0.15) is 9.20 Å². The third kappa shape index (κ3) is 3.36. The van der Waals surface area contributed by atoms with Crippen molar-refractivity contribution in [3.63, 3.8) is 0 Å². The molecule has 0 atom stereocenters. The number of rotatable bonds is 3. The summed E-state index contributed by atoms with van der Waals surface area (Å²) in [4.78, 5) is 29.1. The predicted molar refractivity (Wildman–Crippen MR) is 136 cm³/mol. The van der Waals surface area contributed by atoms with Crippen molar-refractivity contribution in [1.82, 2.24) is 4.57 Å². The lowest BCUT2D eigenvalue weighted by molar-refractivity contribution is -0.112. The van der Waals surface area contributed by atoms with Gasteiger partial charge in [0.2, 0.25) is 0 Å². The van der Waals surface area contributed by atoms with Crippen molar-refractivity contribution in [3.8, 4) is 0 Å². The van der Waals surface area contributed by atoms with Crippen molar-refractivity contribution in [2.75, 3.05) is 16.5 Å². The minimum absolute atomic E-state index is 0.0822. The molecule has 0 spiro atoms. The maximum absolute atomic E-state index is 13.5. The van der Waals surface area contributed by atoms with Gasteiger partial charge >= 0.3 is 0 Å². The molecule has 2 aliphatic rings. The van der Waals surface area contributed by atoms with Crippen LogP contribution >= 0.6 is 11.3 Å². The van der Waals surface area contributed by atoms with Crippen LogP contribution < -0.4 is 24.7 Å². The van der Waals surface area contributed by atoms with Crippen LogP contribution in [0.15, 0.2) is 70.6 Å². The van der Waals surface area contributed by atoms with Crippen LogP contribution in [0.3, 0.4) is 0 Å². The van der Waals surface area contributed by atoms with E-state index in [4.69, 9.17) is 0 Å². The number of amides is 1. The summed E-state index contributed by atoms with van der Waals surface area (Å²) in [6.45, 7) is 7.03. The number of benzene rings is 2. The number of nitrogens with zero attached hydrogens (tertiary/aromatic N) is 4. The monoisotopic (exact) mass is 456 g/mol. The highest BCUT2D eigenvalue weighted by atomic mass is 32.1. The number of aromatic nitrogens is 1. The second-order valence-corrected chi connectivity index (χ2v) is 8.82. The summed E-state index contributed by atoms with van der Waals surface area (Å²) in [5, 5.41) is 5.92. The van der Waals surface area contributed by atoms with Gasteiger partial charge in [-0.1, -0.05) is 42.5 Å². The smallest absolute Gasteiger partial charge is 0.283 e. The SMILES string of the molecule is CCN1/C(=c2/s/c(=C3/C(=O)N(c4ccccc4)N=C3C)n(CC)c2=O)C=Cc2ccccc21. The Kier molecular flexibility index (Phi) is 5.34. The molecule has 0 N–H and O–H groups in total. The average Bonchev–Trinajstić information content (AvgIpc) is 3.33. The summed E-state index contributed by atoms with van der Waals surface area (Å²) in [5.41, 5.74) is 4.78. The Morgan fingerprint density at radius 1 is 0.909 bits per heavy atom. The molecule has 3 aromatic rings. The van der Waals surface area contributed by atoms with Gasteiger partial charge in [-0.25, -0.2) is 0 Å². The molecule has 0 aliphatic carbocycles. The number of carbonyl (C=O) groups is 1. The van der Waals surface area contributed by atoms with Crippen molar-refractivity contribution in [2.24, 2.45) is 5.10 Å². The van der Waals surface area contributed by atoms with Crippen molar-refractivity contribution >= 4 is 51.7 Å². The molecule has 0 bridgehead atoms. The summed E-state index contributed by atoms with van der Waals surface area (Å²) in [6, 6.07) is 17.5. The first-order chi connectivity index (χ1) is 16.0. The second-order valence-electron chi connectivity index (χ2n) is 7.82. The van der Waals surface area contributed by atoms with Gasteiger partial charge in [-0.3, -0.25) is 14.2 Å². The molecule has 6 nitrogen and oxygen atoms in total. The molecule has 0 fully saturated rings. The van der Waals surface area contributed by atoms with E-state index in [1.54, 1.807) is 4.57 Å². The van der Waals surface area contributed by atoms with Crippen LogP contribution in [0.5, 0.6) is 0 Å². The van der Waals surface area contributed by atoms with Crippen LogP contribution in [-0.4, -0.2) is 22.7 Å². The summed E-state index contributed by atoms with van der Waals surface area (Å²) >= 11 is 1.37. The molecule has 2 aromatic carbocycles. The first-order valence-corrected chi connectivity index (χ1v) is 11.8. The zero-order valence-corrected chi connectivity index (χ0v) is 19.6. The van der Waals surface area contributed by atoms with Gasteiger partial charge in [0.05, 0.1) is 22.7 Å². The van der Waals surface area contributed by atoms with Gasteiger partial charge < -0.3 is 4.90 Å². The number of para-hydroxylation sites is 2. The fraction of sp³-hybridized carbons (Fsp3) is 0.192. The zero-order valence-electron chi connectivity index (χ0n) is 18.8. The molecule has 3 heterocycles. The maximum Gasteiger partial charge on any atom is 0.283 e. The number of carbonyl (C=O) groups excluding carboxylic acids is 1. The van der Waals surface area contributed by atoms with Gasteiger partial charge in [-0.2, -0.15) is 10.1 Å². The molecule has 1 aromatic heterocycles. The van der Waals surface area contributed by atoms with E-state index in [0.717, 1.165) is 23.5 Å². The number of likely N-dealkylation sites (N-methyl/N-ethyl adjacent to an activating group) is 1. The molecule has 0 radical (unpaired) electrons. The number of hydrogen-bond donors (Lipinski definition) is 0. The number of hydrogen-bond acceptors (Lipinski definition) is 5. The lowest BCUT2D eigenvalue weighted by Gasteiger charge is -2.28. The Morgan fingerprint density at radius 2 is 1.64 bits per heavy atom. The highest BCUT2D eigenvalue weighted by Gasteiger charge is 2.31. The van der Waals surface area contributed by atoms with Crippen LogP contribution in [0.25, 0.3) is 17.3 Å². The first-order valence-electron chi connectivity index (χ1n) is 11.0. The molecule has 0 saturated carbocycles. The van der Waals surface area contributed by atoms with E-state index in [1.807, 2.05) is 68.5 Å². The average molecular weight is 457 g/mol. The fourth-order valence-electron chi connectivity index (χ4n) is 4.34. The largest absolute Gasteiger partial charge is 0.340 e. The Hall–Kier alpha value is -3.71. The van der Waals surface area contributed by atoms with E-state index in [-0.39, 0.29) is 11.5 Å². The zero-order chi connectivity index (χ0) is 23.1. The van der Waals surface area contributed by atoms with Gasteiger partial charge in [0.15, 0.2) is 0 Å². The lowest BCUT2D eigenvalue weighted by Crippen LogP contribution is -2.37. The van der Waals surface area contributed by atoms with Crippen LogP contribution in [0.1, 0.15) is 26.3 Å². The fourth-order valence-corrected chi connectivity index (χ4v) is 5.68. The molecule has 2 aliphatic heterocycles. The highest BCUT2D eigenvalue weighted by molar-refractivity contribution is 7.08. The van der Waals surface area contributed by atoms with Crippen molar-refractivity contribution in [3.05, 3.63) is 85.8 Å². The normalized spacial score (nSPS) is 18.6. The highest BCUT2D eigenvalue weighted by Crippen LogP contribution is 2.30. The van der Waals surface area contributed by atoms with Gasteiger partial charge in [0, 0.05) is 18.8 Å². The van der Waals surface area contributed by atoms with Crippen LogP contribution in [0, 0.1) is 0 Å². The lowest BCUT2D eigenvalue weighted by atomic mass is 10.1. The Bertz CT molecular complexity index is 1490. The van der Waals surface area contributed by atoms with Gasteiger partial charge in [0.25, 0.3) is 11.5 Å². The Morgan fingerprint density at radius 3 is 2.36 bits per heavy atom. The van der Waals surface area contributed by atoms with E-state index < -0.39 is 0 Å². The molecule has 1 amide bonds. The molecule has 7 heteroatoms. The van der Waals surface area contributed by atoms with E-state index in [0.29, 0.717) is 32.7 Å². The number of hydrazone groups is 1. The van der Waals surface area contributed by atoms with E-state index in [9.17, 15) is 9.59 Å². The first kappa shape index (κ1) is 21.2. The van der Waals surface area contributed by atoms with Crippen molar-refractivity contribution < 1.29 is 4.79 Å². The van der Waals surface area contributed by atoms with Crippen molar-refractivity contribution in [2.45, 2.75) is 27.3 Å². The van der Waals surface area contributed by atoms with Gasteiger partial charge in [-0.05, 0) is 50.6 Å². The minimum atomic E-state index is -0.212.